The molecule has 6 heteroatoms. The third-order valence-corrected chi connectivity index (χ3v) is 3.62. The average Bonchev–Trinajstić information content (AvgIpc) is 2.54. The largest absolute Gasteiger partial charge is 0.355 e. The van der Waals surface area contributed by atoms with Crippen LogP contribution in [0, 0.1) is 21.4 Å². The second kappa shape index (κ2) is 6.88. The molecule has 0 amide bonds. The molecule has 0 atom stereocenters. The van der Waals surface area contributed by atoms with Gasteiger partial charge in [0.05, 0.1) is 4.92 Å². The zero-order valence-electron chi connectivity index (χ0n) is 13.4. The van der Waals surface area contributed by atoms with Gasteiger partial charge in [-0.15, -0.1) is 0 Å². The fourth-order valence-corrected chi connectivity index (χ4v) is 2.25. The van der Waals surface area contributed by atoms with Gasteiger partial charge in [-0.25, -0.2) is 4.98 Å². The molecule has 1 aromatic carbocycles. The van der Waals surface area contributed by atoms with E-state index in [-0.39, 0.29) is 11.4 Å². The molecule has 0 aliphatic heterocycles. The van der Waals surface area contributed by atoms with E-state index in [2.05, 4.69) is 43.1 Å². The summed E-state index contributed by atoms with van der Waals surface area (Å²) >= 11 is 0. The standard InChI is InChI=1S/C17H18N4O2/c1-12(2)14-6-4-13(5-7-14)11-20(3)17-9-8-16(21(22)23)15(10-18)19-17/h4-9,12H,11H2,1-3H3. The van der Waals surface area contributed by atoms with Crippen molar-refractivity contribution >= 4 is 11.5 Å². The van der Waals surface area contributed by atoms with E-state index < -0.39 is 4.92 Å². The van der Waals surface area contributed by atoms with Crippen molar-refractivity contribution < 1.29 is 4.92 Å². The lowest BCUT2D eigenvalue weighted by Crippen LogP contribution is -2.18. The SMILES string of the molecule is CC(C)c1ccc(CN(C)c2ccc([N+](=O)[O-])c(C#N)n2)cc1. The van der Waals surface area contributed by atoms with Crippen LogP contribution in [0.15, 0.2) is 36.4 Å². The molecule has 0 aliphatic rings. The van der Waals surface area contributed by atoms with Gasteiger partial charge in [0.1, 0.15) is 11.9 Å². The molecule has 0 bridgehead atoms. The maximum atomic E-state index is 10.8. The summed E-state index contributed by atoms with van der Waals surface area (Å²) in [5.41, 5.74) is 1.94. The van der Waals surface area contributed by atoms with Crippen LogP contribution in [-0.4, -0.2) is 17.0 Å². The zero-order chi connectivity index (χ0) is 17.0. The average molecular weight is 310 g/mol. The smallest absolute Gasteiger partial charge is 0.305 e. The lowest BCUT2D eigenvalue weighted by Gasteiger charge is -2.18. The van der Waals surface area contributed by atoms with Gasteiger partial charge in [0.15, 0.2) is 0 Å². The van der Waals surface area contributed by atoms with Crippen molar-refractivity contribution in [1.82, 2.24) is 4.98 Å². The molecule has 0 radical (unpaired) electrons. The number of anilines is 1. The maximum absolute atomic E-state index is 10.8. The highest BCUT2D eigenvalue weighted by Crippen LogP contribution is 2.21. The van der Waals surface area contributed by atoms with Crippen molar-refractivity contribution in [2.45, 2.75) is 26.3 Å². The first-order chi connectivity index (χ1) is 10.9. The quantitative estimate of drug-likeness (QED) is 0.622. The van der Waals surface area contributed by atoms with E-state index in [9.17, 15) is 10.1 Å². The van der Waals surface area contributed by atoms with Crippen LogP contribution in [0.5, 0.6) is 0 Å². The summed E-state index contributed by atoms with van der Waals surface area (Å²) in [6.45, 7) is 4.89. The Morgan fingerprint density at radius 3 is 2.43 bits per heavy atom. The van der Waals surface area contributed by atoms with Gasteiger partial charge >= 0.3 is 5.69 Å². The molecule has 0 saturated carbocycles. The van der Waals surface area contributed by atoms with Crippen LogP contribution < -0.4 is 4.90 Å². The van der Waals surface area contributed by atoms with Gasteiger partial charge in [0, 0.05) is 19.7 Å². The molecular weight excluding hydrogens is 292 g/mol. The first kappa shape index (κ1) is 16.4. The fourth-order valence-electron chi connectivity index (χ4n) is 2.25. The molecule has 2 rings (SSSR count). The van der Waals surface area contributed by atoms with Crippen LogP contribution in [0.3, 0.4) is 0 Å². The molecule has 1 heterocycles. The number of aromatic nitrogens is 1. The van der Waals surface area contributed by atoms with Gasteiger partial charge in [0.25, 0.3) is 0 Å². The minimum Gasteiger partial charge on any atom is -0.355 e. The predicted octanol–water partition coefficient (Wildman–Crippen LogP) is 3.62. The van der Waals surface area contributed by atoms with Crippen molar-refractivity contribution in [3.05, 3.63) is 63.3 Å². The summed E-state index contributed by atoms with van der Waals surface area (Å²) in [4.78, 5) is 16.2. The highest BCUT2D eigenvalue weighted by molar-refractivity contribution is 5.51. The third-order valence-electron chi connectivity index (χ3n) is 3.62. The van der Waals surface area contributed by atoms with Crippen molar-refractivity contribution in [2.75, 3.05) is 11.9 Å². The highest BCUT2D eigenvalue weighted by Gasteiger charge is 2.17. The van der Waals surface area contributed by atoms with Gasteiger partial charge in [-0.05, 0) is 23.1 Å². The molecule has 0 aliphatic carbocycles. The van der Waals surface area contributed by atoms with Gasteiger partial charge < -0.3 is 4.90 Å². The van der Waals surface area contributed by atoms with Gasteiger partial charge in [-0.1, -0.05) is 38.1 Å². The van der Waals surface area contributed by atoms with Crippen LogP contribution in [0.2, 0.25) is 0 Å². The van der Waals surface area contributed by atoms with Crippen molar-refractivity contribution in [3.8, 4) is 6.07 Å². The van der Waals surface area contributed by atoms with Crippen molar-refractivity contribution in [3.63, 3.8) is 0 Å². The molecule has 0 unspecified atom stereocenters. The molecule has 118 valence electrons. The van der Waals surface area contributed by atoms with Crippen LogP contribution in [0.4, 0.5) is 11.5 Å². The second-order valence-corrected chi connectivity index (χ2v) is 5.66. The van der Waals surface area contributed by atoms with Crippen LogP contribution in [-0.2, 0) is 6.54 Å². The molecule has 0 N–H and O–H groups in total. The highest BCUT2D eigenvalue weighted by atomic mass is 16.6. The number of hydrogen-bond acceptors (Lipinski definition) is 5. The summed E-state index contributed by atoms with van der Waals surface area (Å²) in [7, 11) is 1.84. The molecular formula is C17H18N4O2. The topological polar surface area (TPSA) is 83.1 Å². The Labute approximate surface area is 135 Å². The number of nitrogens with zero attached hydrogens (tertiary/aromatic N) is 4. The van der Waals surface area contributed by atoms with Crippen molar-refractivity contribution in [2.24, 2.45) is 0 Å². The number of benzene rings is 1. The maximum Gasteiger partial charge on any atom is 0.305 e. The molecule has 1 aromatic heterocycles. The zero-order valence-corrected chi connectivity index (χ0v) is 13.4. The first-order valence-corrected chi connectivity index (χ1v) is 7.28. The van der Waals surface area contributed by atoms with E-state index in [4.69, 9.17) is 5.26 Å². The third kappa shape index (κ3) is 3.83. The van der Waals surface area contributed by atoms with Crippen LogP contribution in [0.1, 0.15) is 36.6 Å². The van der Waals surface area contributed by atoms with E-state index >= 15 is 0 Å². The van der Waals surface area contributed by atoms with E-state index in [1.54, 1.807) is 12.1 Å². The Balaban J connectivity index is 2.19. The Hall–Kier alpha value is -2.94. The molecule has 0 spiro atoms. The van der Waals surface area contributed by atoms with Gasteiger partial charge in [-0.2, -0.15) is 5.26 Å². The molecule has 2 aromatic rings. The molecule has 0 saturated heterocycles. The number of hydrogen-bond donors (Lipinski definition) is 0. The monoisotopic (exact) mass is 310 g/mol. The predicted molar refractivity (Wildman–Crippen MR) is 88.2 cm³/mol. The minimum absolute atomic E-state index is 0.172. The Bertz CT molecular complexity index is 748. The number of pyridine rings is 1. The van der Waals surface area contributed by atoms with Gasteiger partial charge in [0.2, 0.25) is 5.69 Å². The lowest BCUT2D eigenvalue weighted by atomic mass is 10.0. The summed E-state index contributed by atoms with van der Waals surface area (Å²) in [5, 5.41) is 19.9. The number of nitro groups is 1. The second-order valence-electron chi connectivity index (χ2n) is 5.66. The van der Waals surface area contributed by atoms with E-state index in [1.807, 2.05) is 11.9 Å². The molecule has 6 nitrogen and oxygen atoms in total. The Morgan fingerprint density at radius 1 is 1.26 bits per heavy atom. The van der Waals surface area contributed by atoms with Gasteiger partial charge in [-0.3, -0.25) is 10.1 Å². The Morgan fingerprint density at radius 2 is 1.91 bits per heavy atom. The number of rotatable bonds is 5. The lowest BCUT2D eigenvalue weighted by molar-refractivity contribution is -0.385. The van der Waals surface area contributed by atoms with E-state index in [0.29, 0.717) is 18.3 Å². The van der Waals surface area contributed by atoms with Crippen LogP contribution >= 0.6 is 0 Å². The van der Waals surface area contributed by atoms with E-state index in [0.717, 1.165) is 5.56 Å². The fraction of sp³-hybridized carbons (Fsp3) is 0.294. The minimum atomic E-state index is -0.597. The normalized spacial score (nSPS) is 10.4. The van der Waals surface area contributed by atoms with Crippen LogP contribution in [0.25, 0.3) is 0 Å². The Kier molecular flexibility index (Phi) is 4.91. The summed E-state index contributed by atoms with van der Waals surface area (Å²) < 4.78 is 0. The molecule has 23 heavy (non-hydrogen) atoms. The van der Waals surface area contributed by atoms with Crippen molar-refractivity contribution in [1.29, 1.82) is 5.26 Å². The number of nitriles is 1. The summed E-state index contributed by atoms with van der Waals surface area (Å²) in [6.07, 6.45) is 0. The van der Waals surface area contributed by atoms with E-state index in [1.165, 1.54) is 11.6 Å². The summed E-state index contributed by atoms with van der Waals surface area (Å²) in [6, 6.07) is 13.0. The summed E-state index contributed by atoms with van der Waals surface area (Å²) in [5.74, 6) is 1.01. The first-order valence-electron chi connectivity index (χ1n) is 7.28. The molecule has 0 fully saturated rings.